The van der Waals surface area contributed by atoms with Crippen LogP contribution < -0.4 is 10.2 Å². The van der Waals surface area contributed by atoms with Crippen LogP contribution in [-0.2, 0) is 6.54 Å². The van der Waals surface area contributed by atoms with Gasteiger partial charge in [0.05, 0.1) is 18.1 Å². The van der Waals surface area contributed by atoms with Crippen molar-refractivity contribution in [3.05, 3.63) is 28.8 Å². The van der Waals surface area contributed by atoms with E-state index in [2.05, 4.69) is 38.2 Å². The van der Waals surface area contributed by atoms with Gasteiger partial charge in [0.15, 0.2) is 21.2 Å². The molecular formula is C19H23BrN6O2S. The van der Waals surface area contributed by atoms with Gasteiger partial charge in [-0.3, -0.25) is 4.79 Å². The van der Waals surface area contributed by atoms with Crippen LogP contribution in [0.2, 0.25) is 0 Å². The van der Waals surface area contributed by atoms with E-state index in [4.69, 9.17) is 14.4 Å². The molecule has 0 unspecified atom stereocenters. The lowest BCUT2D eigenvalue weighted by Gasteiger charge is -2.18. The lowest BCUT2D eigenvalue weighted by molar-refractivity contribution is 0.0923. The molecule has 1 fully saturated rings. The number of furan rings is 1. The number of carbonyl (C=O) groups excluding carboxylic acids is 1. The van der Waals surface area contributed by atoms with Gasteiger partial charge in [-0.2, -0.15) is 5.10 Å². The Morgan fingerprint density at radius 3 is 2.86 bits per heavy atom. The molecular weight excluding hydrogens is 456 g/mol. The summed E-state index contributed by atoms with van der Waals surface area (Å²) in [4.78, 5) is 24.1. The molecule has 8 nitrogen and oxygen atoms in total. The average Bonchev–Trinajstić information content (AvgIpc) is 3.47. The highest BCUT2D eigenvalue weighted by molar-refractivity contribution is 9.10. The molecule has 1 amide bonds. The zero-order chi connectivity index (χ0) is 20.2. The molecule has 4 rings (SSSR count). The molecule has 1 N–H and O–H groups in total. The first-order valence-electron chi connectivity index (χ1n) is 9.80. The Labute approximate surface area is 181 Å². The number of nitrogens with zero attached hydrogens (tertiary/aromatic N) is 5. The van der Waals surface area contributed by atoms with E-state index in [1.54, 1.807) is 23.9 Å². The number of nitrogens with one attached hydrogen (secondary N) is 1. The third kappa shape index (κ3) is 4.58. The van der Waals surface area contributed by atoms with E-state index in [0.717, 1.165) is 47.3 Å². The van der Waals surface area contributed by atoms with Gasteiger partial charge >= 0.3 is 0 Å². The topological polar surface area (TPSA) is 89.1 Å². The summed E-state index contributed by atoms with van der Waals surface area (Å²) in [6.07, 6.45) is 5.28. The van der Waals surface area contributed by atoms with Crippen LogP contribution in [0.15, 0.2) is 32.6 Å². The maximum Gasteiger partial charge on any atom is 0.287 e. The highest BCUT2D eigenvalue weighted by Gasteiger charge is 2.21. The Morgan fingerprint density at radius 1 is 1.31 bits per heavy atom. The molecule has 0 radical (unpaired) electrons. The molecule has 4 heterocycles. The summed E-state index contributed by atoms with van der Waals surface area (Å²) in [5, 5.41) is 9.13. The van der Waals surface area contributed by atoms with Gasteiger partial charge in [-0.05, 0) is 47.3 Å². The summed E-state index contributed by atoms with van der Waals surface area (Å²) in [5.41, 5.74) is 0.815. The number of thioether (sulfide) groups is 1. The van der Waals surface area contributed by atoms with Gasteiger partial charge in [0.1, 0.15) is 5.82 Å². The van der Waals surface area contributed by atoms with Crippen molar-refractivity contribution in [2.75, 3.05) is 30.3 Å². The maximum atomic E-state index is 12.2. The van der Waals surface area contributed by atoms with Gasteiger partial charge in [0, 0.05) is 25.4 Å². The molecule has 154 valence electrons. The van der Waals surface area contributed by atoms with Crippen molar-refractivity contribution >= 4 is 50.5 Å². The first-order chi connectivity index (χ1) is 14.2. The van der Waals surface area contributed by atoms with Gasteiger partial charge in [-0.25, -0.2) is 14.6 Å². The third-order valence-electron chi connectivity index (χ3n) is 4.70. The van der Waals surface area contributed by atoms with Gasteiger partial charge in [-0.15, -0.1) is 0 Å². The fourth-order valence-corrected chi connectivity index (χ4v) is 4.31. The standard InChI is InChI=1S/C19H23BrN6O2S/c1-2-11-29-19-23-16(25-8-3-4-9-25)13-12-22-26(17(13)24-19)10-7-21-18(27)14-5-6-15(20)28-14/h5-6,12H,2-4,7-11H2,1H3,(H,21,27). The minimum Gasteiger partial charge on any atom is -0.444 e. The van der Waals surface area contributed by atoms with E-state index in [0.29, 0.717) is 17.8 Å². The van der Waals surface area contributed by atoms with Crippen molar-refractivity contribution < 1.29 is 9.21 Å². The van der Waals surface area contributed by atoms with Crippen LogP contribution >= 0.6 is 27.7 Å². The Hall–Kier alpha value is -2.07. The molecule has 0 atom stereocenters. The molecule has 1 aliphatic rings. The van der Waals surface area contributed by atoms with Crippen molar-refractivity contribution in [3.8, 4) is 0 Å². The molecule has 3 aromatic heterocycles. The Morgan fingerprint density at radius 2 is 2.14 bits per heavy atom. The second-order valence-electron chi connectivity index (χ2n) is 6.84. The Bertz CT molecular complexity index is 998. The highest BCUT2D eigenvalue weighted by atomic mass is 79.9. The monoisotopic (exact) mass is 478 g/mol. The Kier molecular flexibility index (Phi) is 6.39. The molecule has 0 aromatic carbocycles. The normalized spacial score (nSPS) is 14.1. The van der Waals surface area contributed by atoms with E-state index >= 15 is 0 Å². The van der Waals surface area contributed by atoms with E-state index in [1.165, 1.54) is 12.8 Å². The number of anilines is 1. The molecule has 3 aromatic rings. The third-order valence-corrected chi connectivity index (χ3v) is 6.18. The van der Waals surface area contributed by atoms with Crippen LogP contribution in [0.1, 0.15) is 36.7 Å². The van der Waals surface area contributed by atoms with Crippen molar-refractivity contribution in [2.24, 2.45) is 0 Å². The lowest BCUT2D eigenvalue weighted by atomic mass is 10.3. The van der Waals surface area contributed by atoms with Crippen LogP contribution in [0, 0.1) is 0 Å². The fraction of sp³-hybridized carbons (Fsp3) is 0.474. The van der Waals surface area contributed by atoms with Crippen molar-refractivity contribution in [1.82, 2.24) is 25.1 Å². The van der Waals surface area contributed by atoms with E-state index in [1.807, 2.05) is 10.9 Å². The first-order valence-corrected chi connectivity index (χ1v) is 11.6. The summed E-state index contributed by atoms with van der Waals surface area (Å²) in [7, 11) is 0. The van der Waals surface area contributed by atoms with Crippen LogP contribution in [0.5, 0.6) is 0 Å². The van der Waals surface area contributed by atoms with E-state index < -0.39 is 0 Å². The number of rotatable bonds is 8. The van der Waals surface area contributed by atoms with Crippen LogP contribution in [0.3, 0.4) is 0 Å². The summed E-state index contributed by atoms with van der Waals surface area (Å²) >= 11 is 4.88. The largest absolute Gasteiger partial charge is 0.444 e. The van der Waals surface area contributed by atoms with Gasteiger partial charge in [-0.1, -0.05) is 18.7 Å². The SMILES string of the molecule is CCCSc1nc(N2CCCC2)c2cnn(CCNC(=O)c3ccc(Br)o3)c2n1. The number of hydrogen-bond donors (Lipinski definition) is 1. The van der Waals surface area contributed by atoms with Crippen molar-refractivity contribution in [1.29, 1.82) is 0 Å². The number of hydrogen-bond acceptors (Lipinski definition) is 7. The summed E-state index contributed by atoms with van der Waals surface area (Å²) in [6.45, 7) is 5.13. The minimum absolute atomic E-state index is 0.251. The van der Waals surface area contributed by atoms with Crippen molar-refractivity contribution in [2.45, 2.75) is 37.9 Å². The molecule has 0 spiro atoms. The van der Waals surface area contributed by atoms with Crippen LogP contribution in [0.4, 0.5) is 5.82 Å². The molecule has 1 saturated heterocycles. The number of carbonyl (C=O) groups is 1. The van der Waals surface area contributed by atoms with Crippen LogP contribution in [-0.4, -0.2) is 51.0 Å². The van der Waals surface area contributed by atoms with Gasteiger partial charge < -0.3 is 14.6 Å². The first kappa shape index (κ1) is 20.2. The zero-order valence-corrected chi connectivity index (χ0v) is 18.6. The molecule has 1 aliphatic heterocycles. The average molecular weight is 479 g/mol. The molecule has 0 saturated carbocycles. The predicted molar refractivity (Wildman–Crippen MR) is 117 cm³/mol. The minimum atomic E-state index is -0.251. The van der Waals surface area contributed by atoms with E-state index in [-0.39, 0.29) is 11.7 Å². The number of halogens is 1. The van der Waals surface area contributed by atoms with Gasteiger partial charge in [0.25, 0.3) is 5.91 Å². The maximum absolute atomic E-state index is 12.2. The summed E-state index contributed by atoms with van der Waals surface area (Å²) in [6, 6.07) is 3.33. The number of aromatic nitrogens is 4. The lowest BCUT2D eigenvalue weighted by Crippen LogP contribution is -2.27. The predicted octanol–water partition coefficient (Wildman–Crippen LogP) is 3.71. The second kappa shape index (κ2) is 9.17. The van der Waals surface area contributed by atoms with Crippen molar-refractivity contribution in [3.63, 3.8) is 0 Å². The smallest absolute Gasteiger partial charge is 0.287 e. The molecule has 29 heavy (non-hydrogen) atoms. The van der Waals surface area contributed by atoms with E-state index in [9.17, 15) is 4.79 Å². The second-order valence-corrected chi connectivity index (χ2v) is 8.68. The number of amides is 1. The summed E-state index contributed by atoms with van der Waals surface area (Å²) in [5.74, 6) is 1.98. The highest BCUT2D eigenvalue weighted by Crippen LogP contribution is 2.29. The number of fused-ring (bicyclic) bond motifs is 1. The van der Waals surface area contributed by atoms with Crippen LogP contribution in [0.25, 0.3) is 11.0 Å². The zero-order valence-electron chi connectivity index (χ0n) is 16.2. The molecule has 0 bridgehead atoms. The Balaban J connectivity index is 1.52. The summed E-state index contributed by atoms with van der Waals surface area (Å²) < 4.78 is 7.65. The molecule has 0 aliphatic carbocycles. The molecule has 10 heteroatoms. The quantitative estimate of drug-likeness (QED) is 0.389. The van der Waals surface area contributed by atoms with Gasteiger partial charge in [0.2, 0.25) is 0 Å². The fourth-order valence-electron chi connectivity index (χ4n) is 3.31.